The lowest BCUT2D eigenvalue weighted by molar-refractivity contribution is -0.155. The molecular weight excluding hydrogens is 423 g/mol. The van der Waals surface area contributed by atoms with Gasteiger partial charge in [-0.3, -0.25) is 9.59 Å². The van der Waals surface area contributed by atoms with Gasteiger partial charge in [0.1, 0.15) is 22.5 Å². The second kappa shape index (κ2) is 8.58. The van der Waals surface area contributed by atoms with Crippen LogP contribution in [0.1, 0.15) is 18.4 Å². The maximum atomic E-state index is 13.4. The first-order valence-electron chi connectivity index (χ1n) is 9.76. The number of rotatable bonds is 6. The van der Waals surface area contributed by atoms with E-state index >= 15 is 0 Å². The third-order valence-corrected chi connectivity index (χ3v) is 7.02. The van der Waals surface area contributed by atoms with E-state index in [0.717, 1.165) is 5.56 Å². The average Bonchev–Trinajstić information content (AvgIpc) is 3.32. The van der Waals surface area contributed by atoms with Crippen LogP contribution in [0.3, 0.4) is 0 Å². The van der Waals surface area contributed by atoms with Gasteiger partial charge in [0, 0.05) is 12.2 Å². The van der Waals surface area contributed by atoms with E-state index < -0.39 is 29.4 Å². The van der Waals surface area contributed by atoms with E-state index in [1.165, 1.54) is 35.9 Å². The van der Waals surface area contributed by atoms with E-state index in [0.29, 0.717) is 30.0 Å². The Kier molecular flexibility index (Phi) is 5.86. The Balaban J connectivity index is 1.42. The molecule has 2 atom stereocenters. The smallest absolute Gasteiger partial charge is 0.330 e. The van der Waals surface area contributed by atoms with Gasteiger partial charge in [-0.15, -0.1) is 11.8 Å². The lowest BCUT2D eigenvalue weighted by atomic mass is 10.0. The minimum absolute atomic E-state index is 0.158. The van der Waals surface area contributed by atoms with Crippen LogP contribution in [-0.2, 0) is 24.0 Å². The molecule has 9 heteroatoms. The number of benzene rings is 2. The molecule has 2 heterocycles. The number of amides is 2. The fourth-order valence-electron chi connectivity index (χ4n) is 3.99. The van der Waals surface area contributed by atoms with E-state index in [-0.39, 0.29) is 11.7 Å². The van der Waals surface area contributed by atoms with Crippen molar-refractivity contribution >= 4 is 35.2 Å². The first-order chi connectivity index (χ1) is 14.9. The quantitative estimate of drug-likeness (QED) is 0.690. The first-order valence-corrected chi connectivity index (χ1v) is 10.7. The van der Waals surface area contributed by atoms with Gasteiger partial charge in [-0.2, -0.15) is 0 Å². The Morgan fingerprint density at radius 2 is 1.97 bits per heavy atom. The molecule has 0 aromatic heterocycles. The summed E-state index contributed by atoms with van der Waals surface area (Å²) in [5.41, 5.74) is 1.24. The molecule has 4 rings (SSSR count). The van der Waals surface area contributed by atoms with E-state index in [1.54, 1.807) is 36.4 Å². The minimum Gasteiger partial charge on any atom is -0.495 e. The zero-order valence-electron chi connectivity index (χ0n) is 16.8. The first kappa shape index (κ1) is 21.2. The van der Waals surface area contributed by atoms with Gasteiger partial charge in [0.2, 0.25) is 5.91 Å². The molecule has 31 heavy (non-hydrogen) atoms. The van der Waals surface area contributed by atoms with Gasteiger partial charge < -0.3 is 19.7 Å². The summed E-state index contributed by atoms with van der Waals surface area (Å²) in [5.74, 6) is -0.842. The van der Waals surface area contributed by atoms with E-state index in [9.17, 15) is 18.8 Å². The van der Waals surface area contributed by atoms with Crippen LogP contribution in [0.5, 0.6) is 5.75 Å². The topological polar surface area (TPSA) is 84.9 Å². The van der Waals surface area contributed by atoms with Crippen molar-refractivity contribution < 1.29 is 28.2 Å². The van der Waals surface area contributed by atoms with Gasteiger partial charge in [-0.05, 0) is 36.2 Å². The summed E-state index contributed by atoms with van der Waals surface area (Å²) >= 11 is 1.47. The fraction of sp³-hybridized carbons (Fsp3) is 0.318. The third kappa shape index (κ3) is 3.97. The molecule has 2 aromatic rings. The van der Waals surface area contributed by atoms with E-state index in [4.69, 9.17) is 9.47 Å². The van der Waals surface area contributed by atoms with Gasteiger partial charge in [-0.25, -0.2) is 9.18 Å². The van der Waals surface area contributed by atoms with Crippen LogP contribution in [0.2, 0.25) is 0 Å². The number of anilines is 1. The monoisotopic (exact) mass is 444 g/mol. The highest BCUT2D eigenvalue weighted by Gasteiger charge is 2.57. The number of hydrogen-bond acceptors (Lipinski definition) is 6. The largest absolute Gasteiger partial charge is 0.495 e. The summed E-state index contributed by atoms with van der Waals surface area (Å²) in [7, 11) is 1.49. The zero-order chi connectivity index (χ0) is 22.0. The molecule has 1 N–H and O–H groups in total. The van der Waals surface area contributed by atoms with Crippen LogP contribution in [0.15, 0.2) is 48.5 Å². The standard InChI is InChI=1S/C22H21FN2O5S/c1-29-18-5-3-2-4-16(18)24-19(26)12-30-21(28)17-13-31-22(11-10-20(27)25(17)22)14-6-8-15(23)9-7-14/h2-9,17H,10-13H2,1H3,(H,24,26)/t17-,22+/m0/s1. The molecule has 0 saturated carbocycles. The molecule has 2 saturated heterocycles. The molecule has 0 bridgehead atoms. The molecule has 0 unspecified atom stereocenters. The second-order valence-corrected chi connectivity index (χ2v) is 8.54. The number of halogens is 1. The molecular formula is C22H21FN2O5S. The Morgan fingerprint density at radius 1 is 1.23 bits per heavy atom. The Morgan fingerprint density at radius 3 is 2.71 bits per heavy atom. The normalized spacial score (nSPS) is 22.2. The number of hydrogen-bond donors (Lipinski definition) is 1. The van der Waals surface area contributed by atoms with Gasteiger partial charge in [0.25, 0.3) is 5.91 Å². The van der Waals surface area contributed by atoms with Crippen molar-refractivity contribution in [3.8, 4) is 5.75 Å². The molecule has 2 amide bonds. The number of esters is 1. The summed E-state index contributed by atoms with van der Waals surface area (Å²) in [4.78, 5) is 38.4. The number of nitrogens with one attached hydrogen (secondary N) is 1. The average molecular weight is 444 g/mol. The van der Waals surface area contributed by atoms with Crippen molar-refractivity contribution in [1.82, 2.24) is 4.90 Å². The predicted molar refractivity (Wildman–Crippen MR) is 113 cm³/mol. The highest BCUT2D eigenvalue weighted by Crippen LogP contribution is 2.54. The van der Waals surface area contributed by atoms with Gasteiger partial charge in [-0.1, -0.05) is 24.3 Å². The lowest BCUT2D eigenvalue weighted by Crippen LogP contribution is -2.47. The van der Waals surface area contributed by atoms with Crippen molar-refractivity contribution in [1.29, 1.82) is 0 Å². The SMILES string of the molecule is COc1ccccc1NC(=O)COC(=O)[C@@H]1CS[C@@]2(c3ccc(F)cc3)CCC(=O)N12. The van der Waals surface area contributed by atoms with E-state index in [1.807, 2.05) is 0 Å². The van der Waals surface area contributed by atoms with Gasteiger partial charge in [0.15, 0.2) is 6.61 Å². The second-order valence-electron chi connectivity index (χ2n) is 7.24. The van der Waals surface area contributed by atoms with Crippen LogP contribution in [0.25, 0.3) is 0 Å². The molecule has 0 spiro atoms. The van der Waals surface area contributed by atoms with Crippen molar-refractivity contribution in [3.05, 3.63) is 59.9 Å². The number of carbonyl (C=O) groups excluding carboxylic acids is 3. The van der Waals surface area contributed by atoms with E-state index in [2.05, 4.69) is 5.32 Å². The molecule has 0 radical (unpaired) electrons. The van der Waals surface area contributed by atoms with Crippen molar-refractivity contribution in [2.75, 3.05) is 24.8 Å². The maximum Gasteiger partial charge on any atom is 0.330 e. The van der Waals surface area contributed by atoms with Crippen LogP contribution in [0, 0.1) is 5.82 Å². The number of para-hydroxylation sites is 2. The third-order valence-electron chi connectivity index (χ3n) is 5.42. The van der Waals surface area contributed by atoms with Crippen LogP contribution in [0.4, 0.5) is 10.1 Å². The predicted octanol–water partition coefficient (Wildman–Crippen LogP) is 2.91. The summed E-state index contributed by atoms with van der Waals surface area (Å²) in [6, 6.07) is 12.1. The molecule has 2 aliphatic heterocycles. The van der Waals surface area contributed by atoms with Crippen molar-refractivity contribution in [2.45, 2.75) is 23.8 Å². The summed E-state index contributed by atoms with van der Waals surface area (Å²) in [6.45, 7) is -0.483. The fourth-order valence-corrected chi connectivity index (χ4v) is 5.63. The molecule has 162 valence electrons. The summed E-state index contributed by atoms with van der Waals surface area (Å²) in [5, 5.41) is 2.64. The van der Waals surface area contributed by atoms with Crippen molar-refractivity contribution in [2.24, 2.45) is 0 Å². The lowest BCUT2D eigenvalue weighted by Gasteiger charge is -2.33. The summed E-state index contributed by atoms with van der Waals surface area (Å²) in [6.07, 6.45) is 0.822. The molecule has 7 nitrogen and oxygen atoms in total. The number of methoxy groups -OCH3 is 1. The number of ether oxygens (including phenoxy) is 2. The van der Waals surface area contributed by atoms with Crippen molar-refractivity contribution in [3.63, 3.8) is 0 Å². The Bertz CT molecular complexity index is 1020. The highest BCUT2D eigenvalue weighted by atomic mass is 32.2. The zero-order valence-corrected chi connectivity index (χ0v) is 17.6. The molecule has 0 aliphatic carbocycles. The number of nitrogens with zero attached hydrogens (tertiary/aromatic N) is 1. The minimum atomic E-state index is -0.802. The number of fused-ring (bicyclic) bond motifs is 1. The maximum absolute atomic E-state index is 13.4. The Labute approximate surface area is 182 Å². The molecule has 2 aliphatic rings. The number of thioether (sulfide) groups is 1. The van der Waals surface area contributed by atoms with Crippen LogP contribution >= 0.6 is 11.8 Å². The van der Waals surface area contributed by atoms with Gasteiger partial charge >= 0.3 is 5.97 Å². The molecule has 2 fully saturated rings. The summed E-state index contributed by atoms with van der Waals surface area (Å²) < 4.78 is 23.8. The highest BCUT2D eigenvalue weighted by molar-refractivity contribution is 8.00. The van der Waals surface area contributed by atoms with Crippen LogP contribution < -0.4 is 10.1 Å². The Hall–Kier alpha value is -3.07. The van der Waals surface area contributed by atoms with Crippen LogP contribution in [-0.4, -0.2) is 48.2 Å². The number of carbonyl (C=O) groups is 3. The molecule has 2 aromatic carbocycles. The van der Waals surface area contributed by atoms with Gasteiger partial charge in [0.05, 0.1) is 12.8 Å².